The molecule has 0 bridgehead atoms. The maximum absolute atomic E-state index is 12.1. The molecule has 0 aliphatic heterocycles. The first-order valence-electron chi connectivity index (χ1n) is 7.61. The number of primary amides is 1. The van der Waals surface area contributed by atoms with Gasteiger partial charge in [-0.25, -0.2) is 4.68 Å². The molecule has 1 heterocycles. The van der Waals surface area contributed by atoms with Gasteiger partial charge in [-0.1, -0.05) is 5.21 Å². The zero-order valence-corrected chi connectivity index (χ0v) is 14.9. The second-order valence-corrected chi connectivity index (χ2v) is 7.84. The number of nitrogens with two attached hydrogens (primary N) is 1. The molecule has 2 N–H and O–H groups in total. The molecule has 1 saturated carbocycles. The van der Waals surface area contributed by atoms with E-state index in [-0.39, 0.29) is 24.2 Å². The smallest absolute Gasteiger partial charge is 0.307 e. The molecule has 0 spiro atoms. The van der Waals surface area contributed by atoms with E-state index >= 15 is 0 Å². The number of thioether (sulfide) groups is 1. The average Bonchev–Trinajstić information content (AvgIpc) is 3.08. The number of nitrogens with zero attached hydrogens (tertiary/aromatic N) is 3. The molecule has 0 aromatic carbocycles. The van der Waals surface area contributed by atoms with Crippen LogP contribution < -0.4 is 5.73 Å². The van der Waals surface area contributed by atoms with Crippen molar-refractivity contribution < 1.29 is 14.3 Å². The van der Waals surface area contributed by atoms with E-state index in [2.05, 4.69) is 10.3 Å². The number of carbonyl (C=O) groups excluding carboxylic acids is 2. The topological polar surface area (TPSA) is 100 Å². The van der Waals surface area contributed by atoms with Crippen LogP contribution in [0, 0.1) is 0 Å². The molecule has 23 heavy (non-hydrogen) atoms. The van der Waals surface area contributed by atoms with Gasteiger partial charge in [0.15, 0.2) is 0 Å². The van der Waals surface area contributed by atoms with Crippen LogP contribution >= 0.6 is 11.8 Å². The fourth-order valence-electron chi connectivity index (χ4n) is 2.41. The zero-order chi connectivity index (χ0) is 17.3. The van der Waals surface area contributed by atoms with Gasteiger partial charge >= 0.3 is 5.97 Å². The summed E-state index contributed by atoms with van der Waals surface area (Å²) in [5.74, 6) is -0.0245. The summed E-state index contributed by atoms with van der Waals surface area (Å²) < 4.78 is 6.93. The van der Waals surface area contributed by atoms with Crippen LogP contribution in [0.4, 0.5) is 0 Å². The lowest BCUT2D eigenvalue weighted by molar-refractivity contribution is -0.155. The van der Waals surface area contributed by atoms with Crippen LogP contribution in [0.15, 0.2) is 6.20 Å². The van der Waals surface area contributed by atoms with Gasteiger partial charge in [0.2, 0.25) is 5.91 Å². The maximum Gasteiger partial charge on any atom is 0.307 e. The summed E-state index contributed by atoms with van der Waals surface area (Å²) in [6.45, 7) is 5.53. The summed E-state index contributed by atoms with van der Waals surface area (Å²) in [5, 5.41) is 8.22. The molecular weight excluding hydrogens is 316 g/mol. The highest BCUT2D eigenvalue weighted by molar-refractivity contribution is 7.98. The van der Waals surface area contributed by atoms with Crippen LogP contribution in [0.25, 0.3) is 0 Å². The summed E-state index contributed by atoms with van der Waals surface area (Å²) in [6, 6.07) is 0. The third kappa shape index (κ3) is 4.25. The van der Waals surface area contributed by atoms with E-state index in [0.29, 0.717) is 18.5 Å². The van der Waals surface area contributed by atoms with Crippen LogP contribution in [0.3, 0.4) is 0 Å². The van der Waals surface area contributed by atoms with Crippen LogP contribution in [0.1, 0.15) is 51.6 Å². The van der Waals surface area contributed by atoms with Gasteiger partial charge in [0, 0.05) is 11.7 Å². The van der Waals surface area contributed by atoms with Gasteiger partial charge in [0.1, 0.15) is 11.1 Å². The Morgan fingerprint density at radius 2 is 2.13 bits per heavy atom. The Morgan fingerprint density at radius 1 is 1.48 bits per heavy atom. The number of esters is 1. The predicted molar refractivity (Wildman–Crippen MR) is 88.0 cm³/mol. The Bertz CT molecular complexity index is 590. The molecule has 2 rings (SSSR count). The van der Waals surface area contributed by atoms with Crippen LogP contribution in [-0.4, -0.2) is 44.5 Å². The Kier molecular flexibility index (Phi) is 5.03. The molecule has 1 aliphatic carbocycles. The summed E-state index contributed by atoms with van der Waals surface area (Å²) in [6.07, 6.45) is 5.32. The number of rotatable bonds is 7. The lowest BCUT2D eigenvalue weighted by atomic mass is 10.0. The second-order valence-electron chi connectivity index (χ2n) is 6.93. The number of ether oxygens (including phenoxy) is 1. The van der Waals surface area contributed by atoms with E-state index in [4.69, 9.17) is 10.5 Å². The third-order valence-corrected chi connectivity index (χ3v) is 4.49. The van der Waals surface area contributed by atoms with Crippen LogP contribution in [0.5, 0.6) is 0 Å². The van der Waals surface area contributed by atoms with E-state index < -0.39 is 11.1 Å². The van der Waals surface area contributed by atoms with E-state index in [1.54, 1.807) is 22.6 Å². The lowest BCUT2D eigenvalue weighted by Gasteiger charge is -2.21. The Morgan fingerprint density at radius 3 is 2.61 bits per heavy atom. The summed E-state index contributed by atoms with van der Waals surface area (Å²) in [5.41, 5.74) is 4.91. The molecule has 1 fully saturated rings. The molecule has 0 unspecified atom stereocenters. The molecule has 8 heteroatoms. The summed E-state index contributed by atoms with van der Waals surface area (Å²) >= 11 is 1.63. The summed E-state index contributed by atoms with van der Waals surface area (Å²) in [7, 11) is 0. The fourth-order valence-corrected chi connectivity index (χ4v) is 3.11. The Labute approximate surface area is 140 Å². The van der Waals surface area contributed by atoms with Crippen molar-refractivity contribution >= 4 is 23.6 Å². The quantitative estimate of drug-likeness (QED) is 0.754. The van der Waals surface area contributed by atoms with Crippen molar-refractivity contribution in [3.63, 3.8) is 0 Å². The highest BCUT2D eigenvalue weighted by Crippen LogP contribution is 2.42. The fraction of sp³-hybridized carbons (Fsp3) is 0.733. The van der Waals surface area contributed by atoms with Crippen molar-refractivity contribution in [1.82, 2.24) is 15.0 Å². The molecule has 1 aromatic heterocycles. The van der Waals surface area contributed by atoms with Gasteiger partial charge in [0.25, 0.3) is 0 Å². The number of aromatic nitrogens is 3. The van der Waals surface area contributed by atoms with Crippen LogP contribution in [0.2, 0.25) is 0 Å². The molecule has 1 aromatic rings. The number of amides is 1. The first-order valence-corrected chi connectivity index (χ1v) is 9.01. The van der Waals surface area contributed by atoms with Gasteiger partial charge in [0.05, 0.1) is 18.3 Å². The van der Waals surface area contributed by atoms with Crippen molar-refractivity contribution in [3.05, 3.63) is 11.9 Å². The minimum Gasteiger partial charge on any atom is -0.460 e. The number of hydrogen-bond donors (Lipinski definition) is 1. The maximum atomic E-state index is 12.1. The normalized spacial score (nSPS) is 17.6. The monoisotopic (exact) mass is 340 g/mol. The van der Waals surface area contributed by atoms with Gasteiger partial charge < -0.3 is 10.5 Å². The molecule has 0 saturated heterocycles. The van der Waals surface area contributed by atoms with Gasteiger partial charge in [-0.05, 0) is 39.9 Å². The van der Waals surface area contributed by atoms with E-state index in [0.717, 1.165) is 5.75 Å². The first kappa shape index (κ1) is 17.8. The third-order valence-electron chi connectivity index (χ3n) is 3.75. The highest BCUT2D eigenvalue weighted by atomic mass is 32.2. The van der Waals surface area contributed by atoms with E-state index in [9.17, 15) is 9.59 Å². The predicted octanol–water partition coefficient (Wildman–Crippen LogP) is 1.43. The SMILES string of the molecule is CSC[C@H](CC(=O)OC(C)(C)C)c1cn(C2(C(N)=O)CC2)nn1. The van der Waals surface area contributed by atoms with Crippen LogP contribution in [-0.2, 0) is 19.9 Å². The van der Waals surface area contributed by atoms with Crippen molar-refractivity contribution in [3.8, 4) is 0 Å². The van der Waals surface area contributed by atoms with E-state index in [1.807, 2.05) is 27.0 Å². The van der Waals surface area contributed by atoms with E-state index in [1.165, 1.54) is 0 Å². The zero-order valence-electron chi connectivity index (χ0n) is 14.0. The highest BCUT2D eigenvalue weighted by Gasteiger charge is 2.52. The minimum atomic E-state index is -0.721. The van der Waals surface area contributed by atoms with Crippen molar-refractivity contribution in [1.29, 1.82) is 0 Å². The molecule has 1 atom stereocenters. The second kappa shape index (κ2) is 6.51. The largest absolute Gasteiger partial charge is 0.460 e. The van der Waals surface area contributed by atoms with Crippen molar-refractivity contribution in [2.24, 2.45) is 5.73 Å². The van der Waals surface area contributed by atoms with Crippen molar-refractivity contribution in [2.75, 3.05) is 12.0 Å². The molecule has 0 radical (unpaired) electrons. The molecular formula is C15H24N4O3S. The molecule has 1 aliphatic rings. The van der Waals surface area contributed by atoms with Gasteiger partial charge in [-0.15, -0.1) is 5.10 Å². The minimum absolute atomic E-state index is 0.0997. The molecule has 7 nitrogen and oxygen atoms in total. The first-order chi connectivity index (χ1) is 10.7. The Hall–Kier alpha value is -1.57. The number of hydrogen-bond acceptors (Lipinski definition) is 6. The molecule has 1 amide bonds. The average molecular weight is 340 g/mol. The molecule has 128 valence electrons. The Balaban J connectivity index is 2.11. The van der Waals surface area contributed by atoms with Gasteiger partial charge in [-0.3, -0.25) is 9.59 Å². The standard InChI is InChI=1S/C15H24N4O3S/c1-14(2,3)22-12(20)7-10(9-23-4)11-8-19(18-17-11)15(5-6-15)13(16)21/h8,10H,5-7,9H2,1-4H3,(H2,16,21)/t10-/m0/s1. The number of carbonyl (C=O) groups is 2. The lowest BCUT2D eigenvalue weighted by Crippen LogP contribution is -2.34. The van der Waals surface area contributed by atoms with Gasteiger partial charge in [-0.2, -0.15) is 11.8 Å². The van der Waals surface area contributed by atoms with Crippen molar-refractivity contribution in [2.45, 2.75) is 57.1 Å². The summed E-state index contributed by atoms with van der Waals surface area (Å²) in [4.78, 5) is 23.7.